The van der Waals surface area contributed by atoms with Crippen LogP contribution in [-0.2, 0) is 4.79 Å². The van der Waals surface area contributed by atoms with E-state index in [-0.39, 0.29) is 5.91 Å². The molecule has 0 saturated heterocycles. The Morgan fingerprint density at radius 1 is 1.46 bits per heavy atom. The summed E-state index contributed by atoms with van der Waals surface area (Å²) in [6.45, 7) is 3.62. The van der Waals surface area contributed by atoms with Gasteiger partial charge in [0, 0.05) is 11.1 Å². The molecule has 0 fully saturated rings. The highest BCUT2D eigenvalue weighted by Crippen LogP contribution is 2.32. The molecule has 0 aliphatic carbocycles. The second kappa shape index (κ2) is 2.46. The van der Waals surface area contributed by atoms with Crippen molar-refractivity contribution in [1.82, 2.24) is 0 Å². The van der Waals surface area contributed by atoms with Gasteiger partial charge < -0.3 is 5.32 Å². The lowest BCUT2D eigenvalue weighted by Crippen LogP contribution is -2.02. The Kier molecular flexibility index (Phi) is 1.43. The van der Waals surface area contributed by atoms with Crippen molar-refractivity contribution < 1.29 is 4.79 Å². The van der Waals surface area contributed by atoms with Gasteiger partial charge in [-0.3, -0.25) is 4.79 Å². The normalized spacial score (nSPS) is 13.5. The smallest absolute Gasteiger partial charge is 0.255 e. The van der Waals surface area contributed by atoms with Crippen molar-refractivity contribution in [3.8, 4) is 6.07 Å². The van der Waals surface area contributed by atoms with Gasteiger partial charge >= 0.3 is 0 Å². The topological polar surface area (TPSA) is 52.9 Å². The molecule has 0 radical (unpaired) electrons. The minimum atomic E-state index is -0.224. The van der Waals surface area contributed by atoms with Gasteiger partial charge in [-0.1, -0.05) is 12.6 Å². The van der Waals surface area contributed by atoms with E-state index in [1.165, 1.54) is 0 Å². The van der Waals surface area contributed by atoms with E-state index in [1.54, 1.807) is 18.2 Å². The zero-order valence-electron chi connectivity index (χ0n) is 6.79. The van der Waals surface area contributed by atoms with E-state index in [4.69, 9.17) is 5.26 Å². The number of nitriles is 1. The van der Waals surface area contributed by atoms with Crippen LogP contribution in [0.3, 0.4) is 0 Å². The highest BCUT2D eigenvalue weighted by molar-refractivity contribution is 6.31. The zero-order chi connectivity index (χ0) is 9.42. The molecule has 0 unspecified atom stereocenters. The van der Waals surface area contributed by atoms with Gasteiger partial charge in [0.2, 0.25) is 0 Å². The van der Waals surface area contributed by atoms with Crippen molar-refractivity contribution in [1.29, 1.82) is 5.26 Å². The van der Waals surface area contributed by atoms with Crippen molar-refractivity contribution >= 4 is 17.2 Å². The third-order valence-corrected chi connectivity index (χ3v) is 2.01. The fourth-order valence-corrected chi connectivity index (χ4v) is 1.39. The van der Waals surface area contributed by atoms with Crippen molar-refractivity contribution in [2.24, 2.45) is 0 Å². The van der Waals surface area contributed by atoms with Gasteiger partial charge in [0.05, 0.1) is 17.3 Å². The van der Waals surface area contributed by atoms with Crippen molar-refractivity contribution in [3.05, 3.63) is 35.9 Å². The van der Waals surface area contributed by atoms with Gasteiger partial charge in [-0.05, 0) is 12.1 Å². The Morgan fingerprint density at radius 2 is 2.23 bits per heavy atom. The van der Waals surface area contributed by atoms with E-state index in [0.717, 1.165) is 0 Å². The van der Waals surface area contributed by atoms with Crippen LogP contribution in [0.15, 0.2) is 24.8 Å². The molecule has 13 heavy (non-hydrogen) atoms. The third kappa shape index (κ3) is 0.926. The van der Waals surface area contributed by atoms with Crippen LogP contribution in [0.2, 0.25) is 0 Å². The number of fused-ring (bicyclic) bond motifs is 1. The first-order valence-electron chi connectivity index (χ1n) is 3.78. The summed E-state index contributed by atoms with van der Waals surface area (Å²) in [5.41, 5.74) is 2.16. The van der Waals surface area contributed by atoms with Gasteiger partial charge in [-0.15, -0.1) is 0 Å². The van der Waals surface area contributed by atoms with Crippen LogP contribution < -0.4 is 5.32 Å². The number of nitrogens with zero attached hydrogens (tertiary/aromatic N) is 1. The second-order valence-corrected chi connectivity index (χ2v) is 2.77. The molecule has 1 aliphatic rings. The minimum absolute atomic E-state index is 0.224. The molecule has 0 aromatic heterocycles. The first kappa shape index (κ1) is 7.56. The molecule has 62 valence electrons. The Morgan fingerprint density at radius 3 is 2.92 bits per heavy atom. The van der Waals surface area contributed by atoms with Gasteiger partial charge in [-0.25, -0.2) is 0 Å². The molecule has 0 saturated carbocycles. The van der Waals surface area contributed by atoms with E-state index in [9.17, 15) is 4.79 Å². The summed E-state index contributed by atoms with van der Waals surface area (Å²) in [6, 6.07) is 7.18. The number of carbonyl (C=O) groups is 1. The van der Waals surface area contributed by atoms with Gasteiger partial charge in [0.1, 0.15) is 0 Å². The molecular weight excluding hydrogens is 164 g/mol. The van der Waals surface area contributed by atoms with E-state index in [0.29, 0.717) is 22.4 Å². The quantitative estimate of drug-likeness (QED) is 0.600. The summed E-state index contributed by atoms with van der Waals surface area (Å²) < 4.78 is 0. The van der Waals surface area contributed by atoms with E-state index in [1.807, 2.05) is 6.07 Å². The second-order valence-electron chi connectivity index (χ2n) is 2.77. The first-order chi connectivity index (χ1) is 6.24. The monoisotopic (exact) mass is 170 g/mol. The van der Waals surface area contributed by atoms with Crippen LogP contribution in [0.5, 0.6) is 0 Å². The molecule has 2 rings (SSSR count). The average Bonchev–Trinajstić information content (AvgIpc) is 2.43. The van der Waals surface area contributed by atoms with Gasteiger partial charge in [-0.2, -0.15) is 5.26 Å². The minimum Gasteiger partial charge on any atom is -0.321 e. The standard InChI is InChI=1S/C10H6N2O/c1-6-9-7(5-11)3-2-4-8(9)12-10(6)13/h2-4H,1H2,(H,12,13). The largest absolute Gasteiger partial charge is 0.321 e. The summed E-state index contributed by atoms with van der Waals surface area (Å²) in [5.74, 6) is -0.224. The summed E-state index contributed by atoms with van der Waals surface area (Å²) in [7, 11) is 0. The lowest BCUT2D eigenvalue weighted by molar-refractivity contribution is -0.110. The number of rotatable bonds is 0. The fourth-order valence-electron chi connectivity index (χ4n) is 1.39. The first-order valence-corrected chi connectivity index (χ1v) is 3.78. The summed E-state index contributed by atoms with van der Waals surface area (Å²) in [4.78, 5) is 11.2. The molecule has 1 aliphatic heterocycles. The number of carbonyl (C=O) groups excluding carboxylic acids is 1. The number of hydrogen-bond acceptors (Lipinski definition) is 2. The number of nitrogens with one attached hydrogen (secondary N) is 1. The van der Waals surface area contributed by atoms with Crippen LogP contribution in [0.1, 0.15) is 11.1 Å². The average molecular weight is 170 g/mol. The maximum absolute atomic E-state index is 11.2. The van der Waals surface area contributed by atoms with Gasteiger partial charge in [0.25, 0.3) is 5.91 Å². The van der Waals surface area contributed by atoms with Crippen LogP contribution in [0.25, 0.3) is 5.57 Å². The van der Waals surface area contributed by atoms with Gasteiger partial charge in [0.15, 0.2) is 0 Å². The third-order valence-electron chi connectivity index (χ3n) is 2.01. The molecule has 1 N–H and O–H groups in total. The van der Waals surface area contributed by atoms with Crippen LogP contribution in [-0.4, -0.2) is 5.91 Å². The lowest BCUT2D eigenvalue weighted by Gasteiger charge is -1.98. The predicted molar refractivity (Wildman–Crippen MR) is 48.8 cm³/mol. The summed E-state index contributed by atoms with van der Waals surface area (Å²) in [5, 5.41) is 11.4. The number of anilines is 1. The molecule has 3 heteroatoms. The van der Waals surface area contributed by atoms with E-state index >= 15 is 0 Å². The molecule has 1 heterocycles. The molecule has 3 nitrogen and oxygen atoms in total. The molecule has 0 spiro atoms. The fraction of sp³-hybridized carbons (Fsp3) is 0. The Balaban J connectivity index is 2.73. The SMILES string of the molecule is C=C1C(=O)Nc2cccc(C#N)c21. The Labute approximate surface area is 75.3 Å². The Hall–Kier alpha value is -2.08. The molecule has 1 aromatic rings. The molecule has 0 atom stereocenters. The van der Waals surface area contributed by atoms with E-state index in [2.05, 4.69) is 11.9 Å². The van der Waals surface area contributed by atoms with Crippen molar-refractivity contribution in [2.75, 3.05) is 5.32 Å². The highest BCUT2D eigenvalue weighted by atomic mass is 16.1. The zero-order valence-corrected chi connectivity index (χ0v) is 6.79. The molecule has 1 aromatic carbocycles. The van der Waals surface area contributed by atoms with Crippen LogP contribution >= 0.6 is 0 Å². The number of benzene rings is 1. The Bertz CT molecular complexity index is 454. The summed E-state index contributed by atoms with van der Waals surface area (Å²) in [6.07, 6.45) is 0. The number of hydrogen-bond donors (Lipinski definition) is 1. The number of amides is 1. The maximum Gasteiger partial charge on any atom is 0.255 e. The molecule has 1 amide bonds. The van der Waals surface area contributed by atoms with Crippen molar-refractivity contribution in [3.63, 3.8) is 0 Å². The maximum atomic E-state index is 11.2. The molecular formula is C10H6N2O. The predicted octanol–water partition coefficient (Wildman–Crippen LogP) is 1.52. The van der Waals surface area contributed by atoms with Crippen LogP contribution in [0.4, 0.5) is 5.69 Å². The van der Waals surface area contributed by atoms with Crippen molar-refractivity contribution in [2.45, 2.75) is 0 Å². The lowest BCUT2D eigenvalue weighted by atomic mass is 10.0. The summed E-state index contributed by atoms with van der Waals surface area (Å²) >= 11 is 0. The molecule has 0 bridgehead atoms. The van der Waals surface area contributed by atoms with Crippen LogP contribution in [0, 0.1) is 11.3 Å². The van der Waals surface area contributed by atoms with E-state index < -0.39 is 0 Å². The highest BCUT2D eigenvalue weighted by Gasteiger charge is 2.24.